The van der Waals surface area contributed by atoms with Crippen LogP contribution in [0.3, 0.4) is 0 Å². The normalized spacial score (nSPS) is 17.9. The molecule has 0 bridgehead atoms. The minimum atomic E-state index is -0.108. The summed E-state index contributed by atoms with van der Waals surface area (Å²) in [5.74, 6) is 0.711. The first-order valence-electron chi connectivity index (χ1n) is 8.14. The Morgan fingerprint density at radius 1 is 1.35 bits per heavy atom. The minimum Gasteiger partial charge on any atom is -0.367 e. The Balaban J connectivity index is 1.71. The van der Waals surface area contributed by atoms with Crippen LogP contribution in [0.25, 0.3) is 0 Å². The topological polar surface area (TPSA) is 87.2 Å². The zero-order valence-electron chi connectivity index (χ0n) is 13.8. The van der Waals surface area contributed by atoms with Gasteiger partial charge in [-0.3, -0.25) is 14.6 Å². The third-order valence-corrected chi connectivity index (χ3v) is 3.89. The lowest BCUT2D eigenvalue weighted by molar-refractivity contribution is -0.138. The molecule has 1 unspecified atom stereocenters. The Labute approximate surface area is 136 Å². The van der Waals surface area contributed by atoms with Crippen LogP contribution in [-0.2, 0) is 9.59 Å². The SMILES string of the molecule is CC(C)C(=O)N1CCCC(C(=O)NCCNc2cnccn2)C1. The second-order valence-electron chi connectivity index (χ2n) is 6.09. The molecule has 0 spiro atoms. The standard InChI is InChI=1S/C16H25N5O2/c1-12(2)16(23)21-9-3-4-13(11-21)15(22)20-8-7-19-14-10-17-5-6-18-14/h5-6,10,12-13H,3-4,7-9,11H2,1-2H3,(H,18,19)(H,20,22). The maximum Gasteiger partial charge on any atom is 0.225 e. The molecule has 23 heavy (non-hydrogen) atoms. The summed E-state index contributed by atoms with van der Waals surface area (Å²) in [5, 5.41) is 6.02. The molecule has 1 atom stereocenters. The molecule has 0 aromatic carbocycles. The average molecular weight is 319 g/mol. The summed E-state index contributed by atoms with van der Waals surface area (Å²) in [5.41, 5.74) is 0. The second-order valence-corrected chi connectivity index (χ2v) is 6.09. The van der Waals surface area contributed by atoms with Crippen LogP contribution in [0.5, 0.6) is 0 Å². The highest BCUT2D eigenvalue weighted by Gasteiger charge is 2.28. The highest BCUT2D eigenvalue weighted by molar-refractivity contribution is 5.82. The number of carbonyl (C=O) groups is 2. The molecular weight excluding hydrogens is 294 g/mol. The van der Waals surface area contributed by atoms with Gasteiger partial charge in [-0.25, -0.2) is 4.98 Å². The van der Waals surface area contributed by atoms with Crippen LogP contribution in [0.15, 0.2) is 18.6 Å². The Hall–Kier alpha value is -2.18. The summed E-state index contributed by atoms with van der Waals surface area (Å²) in [6.45, 7) is 6.18. The number of hydrogen-bond acceptors (Lipinski definition) is 5. The maximum absolute atomic E-state index is 12.2. The van der Waals surface area contributed by atoms with Crippen LogP contribution >= 0.6 is 0 Å². The van der Waals surface area contributed by atoms with Gasteiger partial charge in [-0.05, 0) is 12.8 Å². The van der Waals surface area contributed by atoms with Crippen molar-refractivity contribution < 1.29 is 9.59 Å². The van der Waals surface area contributed by atoms with Gasteiger partial charge in [0.05, 0.1) is 12.1 Å². The summed E-state index contributed by atoms with van der Waals surface area (Å²) in [4.78, 5) is 34.2. The second kappa shape index (κ2) is 8.45. The molecule has 2 N–H and O–H groups in total. The highest BCUT2D eigenvalue weighted by Crippen LogP contribution is 2.18. The van der Waals surface area contributed by atoms with Crippen LogP contribution < -0.4 is 10.6 Å². The van der Waals surface area contributed by atoms with Gasteiger partial charge in [-0.1, -0.05) is 13.8 Å². The summed E-state index contributed by atoms with van der Waals surface area (Å²) in [6, 6.07) is 0. The molecule has 1 aromatic heterocycles. The third kappa shape index (κ3) is 5.19. The number of anilines is 1. The van der Waals surface area contributed by atoms with E-state index in [0.717, 1.165) is 19.4 Å². The predicted octanol–water partition coefficient (Wildman–Crippen LogP) is 0.899. The number of nitrogens with one attached hydrogen (secondary N) is 2. The van der Waals surface area contributed by atoms with E-state index in [1.54, 1.807) is 18.6 Å². The number of hydrogen-bond donors (Lipinski definition) is 2. The first kappa shape index (κ1) is 17.2. The zero-order chi connectivity index (χ0) is 16.7. The van der Waals surface area contributed by atoms with Crippen LogP contribution in [0.2, 0.25) is 0 Å². The van der Waals surface area contributed by atoms with Crippen molar-refractivity contribution in [3.63, 3.8) is 0 Å². The number of rotatable bonds is 6. The molecule has 0 aliphatic carbocycles. The van der Waals surface area contributed by atoms with E-state index in [1.165, 1.54) is 0 Å². The van der Waals surface area contributed by atoms with E-state index in [-0.39, 0.29) is 23.7 Å². The Kier molecular flexibility index (Phi) is 6.31. The van der Waals surface area contributed by atoms with Crippen molar-refractivity contribution in [1.82, 2.24) is 20.2 Å². The first-order valence-corrected chi connectivity index (χ1v) is 8.14. The number of nitrogens with zero attached hydrogens (tertiary/aromatic N) is 3. The van der Waals surface area contributed by atoms with Crippen molar-refractivity contribution in [2.45, 2.75) is 26.7 Å². The number of amides is 2. The van der Waals surface area contributed by atoms with Crippen molar-refractivity contribution in [3.8, 4) is 0 Å². The molecule has 1 aromatic rings. The fourth-order valence-electron chi connectivity index (χ4n) is 2.67. The smallest absolute Gasteiger partial charge is 0.225 e. The molecule has 7 nitrogen and oxygen atoms in total. The molecule has 2 rings (SSSR count). The summed E-state index contributed by atoms with van der Waals surface area (Å²) in [7, 11) is 0. The molecule has 7 heteroatoms. The monoisotopic (exact) mass is 319 g/mol. The van der Waals surface area contributed by atoms with Gasteiger partial charge in [0.1, 0.15) is 5.82 Å². The van der Waals surface area contributed by atoms with E-state index < -0.39 is 0 Å². The maximum atomic E-state index is 12.2. The van der Waals surface area contributed by atoms with Gasteiger partial charge in [0, 0.05) is 44.5 Å². The number of carbonyl (C=O) groups excluding carboxylic acids is 2. The van der Waals surface area contributed by atoms with Crippen molar-refractivity contribution in [1.29, 1.82) is 0 Å². The summed E-state index contributed by atoms with van der Waals surface area (Å²) < 4.78 is 0. The van der Waals surface area contributed by atoms with Gasteiger partial charge < -0.3 is 15.5 Å². The largest absolute Gasteiger partial charge is 0.367 e. The number of piperidine rings is 1. The summed E-state index contributed by atoms with van der Waals surface area (Å²) >= 11 is 0. The fraction of sp³-hybridized carbons (Fsp3) is 0.625. The van der Waals surface area contributed by atoms with Crippen molar-refractivity contribution in [2.24, 2.45) is 11.8 Å². The van der Waals surface area contributed by atoms with Crippen LogP contribution in [-0.4, -0.2) is 52.9 Å². The van der Waals surface area contributed by atoms with Gasteiger partial charge in [-0.15, -0.1) is 0 Å². The van der Waals surface area contributed by atoms with Gasteiger partial charge >= 0.3 is 0 Å². The lowest BCUT2D eigenvalue weighted by Crippen LogP contribution is -2.47. The molecular formula is C16H25N5O2. The number of aromatic nitrogens is 2. The van der Waals surface area contributed by atoms with Gasteiger partial charge in [0.15, 0.2) is 0 Å². The lowest BCUT2D eigenvalue weighted by atomic mass is 9.96. The molecule has 2 heterocycles. The van der Waals surface area contributed by atoms with Gasteiger partial charge in [0.2, 0.25) is 11.8 Å². The minimum absolute atomic E-state index is 0.0204. The van der Waals surface area contributed by atoms with Gasteiger partial charge in [0.25, 0.3) is 0 Å². The lowest BCUT2D eigenvalue weighted by Gasteiger charge is -2.33. The van der Waals surface area contributed by atoms with E-state index in [0.29, 0.717) is 25.5 Å². The zero-order valence-corrected chi connectivity index (χ0v) is 13.8. The predicted molar refractivity (Wildman–Crippen MR) is 87.7 cm³/mol. The molecule has 0 saturated carbocycles. The van der Waals surface area contributed by atoms with E-state index in [4.69, 9.17) is 0 Å². The Morgan fingerprint density at radius 2 is 2.17 bits per heavy atom. The Bertz CT molecular complexity index is 520. The van der Waals surface area contributed by atoms with E-state index in [1.807, 2.05) is 18.7 Å². The van der Waals surface area contributed by atoms with Crippen molar-refractivity contribution in [2.75, 3.05) is 31.5 Å². The highest BCUT2D eigenvalue weighted by atomic mass is 16.2. The van der Waals surface area contributed by atoms with Crippen LogP contribution in [0, 0.1) is 11.8 Å². The average Bonchev–Trinajstić information content (AvgIpc) is 2.58. The van der Waals surface area contributed by atoms with Crippen molar-refractivity contribution >= 4 is 17.6 Å². The van der Waals surface area contributed by atoms with E-state index >= 15 is 0 Å². The number of likely N-dealkylation sites (tertiary alicyclic amines) is 1. The fourth-order valence-corrected chi connectivity index (χ4v) is 2.67. The summed E-state index contributed by atoms with van der Waals surface area (Å²) in [6.07, 6.45) is 6.58. The van der Waals surface area contributed by atoms with Crippen molar-refractivity contribution in [3.05, 3.63) is 18.6 Å². The van der Waals surface area contributed by atoms with Crippen LogP contribution in [0.1, 0.15) is 26.7 Å². The molecule has 1 saturated heterocycles. The van der Waals surface area contributed by atoms with Crippen LogP contribution in [0.4, 0.5) is 5.82 Å². The molecule has 1 fully saturated rings. The van der Waals surface area contributed by atoms with E-state index in [9.17, 15) is 9.59 Å². The molecule has 2 amide bonds. The molecule has 1 aliphatic rings. The molecule has 0 radical (unpaired) electrons. The quantitative estimate of drug-likeness (QED) is 0.761. The Morgan fingerprint density at radius 3 is 2.87 bits per heavy atom. The molecule has 126 valence electrons. The molecule has 1 aliphatic heterocycles. The van der Waals surface area contributed by atoms with Gasteiger partial charge in [-0.2, -0.15) is 0 Å². The first-order chi connectivity index (χ1) is 11.1. The van der Waals surface area contributed by atoms with E-state index in [2.05, 4.69) is 20.6 Å². The third-order valence-electron chi connectivity index (χ3n) is 3.89.